The van der Waals surface area contributed by atoms with E-state index in [4.69, 9.17) is 0 Å². The minimum absolute atomic E-state index is 1.01. The Morgan fingerprint density at radius 3 is 2.54 bits per heavy atom. The first kappa shape index (κ1) is 9.51. The van der Waals surface area contributed by atoms with E-state index in [1.54, 1.807) is 0 Å². The van der Waals surface area contributed by atoms with Gasteiger partial charge in [-0.25, -0.2) is 0 Å². The van der Waals surface area contributed by atoms with Crippen molar-refractivity contribution in [3.05, 3.63) is 0 Å². The molecule has 1 aliphatic carbocycles. The third-order valence-corrected chi connectivity index (χ3v) is 3.85. The molecule has 2 fully saturated rings. The van der Waals surface area contributed by atoms with Gasteiger partial charge in [0.15, 0.2) is 0 Å². The highest BCUT2D eigenvalue weighted by atomic mass is 15.2. The molecule has 0 bridgehead atoms. The van der Waals surface area contributed by atoms with E-state index in [0.29, 0.717) is 0 Å². The lowest BCUT2D eigenvalue weighted by Gasteiger charge is -2.39. The lowest BCUT2D eigenvalue weighted by molar-refractivity contribution is 0.0972. The van der Waals surface area contributed by atoms with Crippen LogP contribution < -0.4 is 0 Å². The van der Waals surface area contributed by atoms with Crippen molar-refractivity contribution in [2.45, 2.75) is 39.0 Å². The second-order valence-electron chi connectivity index (χ2n) is 5.46. The summed E-state index contributed by atoms with van der Waals surface area (Å²) < 4.78 is 0. The van der Waals surface area contributed by atoms with Gasteiger partial charge in [0.25, 0.3) is 0 Å². The Labute approximate surface area is 82.5 Å². The van der Waals surface area contributed by atoms with Gasteiger partial charge in [-0.05, 0) is 37.6 Å². The van der Waals surface area contributed by atoms with Crippen molar-refractivity contribution in [1.82, 2.24) is 4.90 Å². The smallest absolute Gasteiger partial charge is 0.00191 e. The Balaban J connectivity index is 1.69. The van der Waals surface area contributed by atoms with Crippen LogP contribution in [0.4, 0.5) is 0 Å². The molecule has 0 aromatic rings. The van der Waals surface area contributed by atoms with Crippen molar-refractivity contribution in [3.63, 3.8) is 0 Å². The van der Waals surface area contributed by atoms with Crippen LogP contribution in [0.1, 0.15) is 39.0 Å². The first-order valence-electron chi connectivity index (χ1n) is 5.92. The van der Waals surface area contributed by atoms with E-state index in [2.05, 4.69) is 18.9 Å². The van der Waals surface area contributed by atoms with Crippen molar-refractivity contribution < 1.29 is 0 Å². The zero-order chi connectivity index (χ0) is 9.26. The molecular formula is C12H23N. The van der Waals surface area contributed by atoms with Crippen molar-refractivity contribution >= 4 is 0 Å². The van der Waals surface area contributed by atoms with Gasteiger partial charge in [-0.15, -0.1) is 0 Å². The van der Waals surface area contributed by atoms with Crippen LogP contribution in [0, 0.1) is 17.8 Å². The Hall–Kier alpha value is -0.0400. The Morgan fingerprint density at radius 1 is 1.15 bits per heavy atom. The van der Waals surface area contributed by atoms with Crippen LogP contribution in [0.2, 0.25) is 0 Å². The first-order chi connectivity index (χ1) is 6.24. The Bertz CT molecular complexity index is 161. The Morgan fingerprint density at radius 2 is 1.92 bits per heavy atom. The predicted octanol–water partition coefficient (Wildman–Crippen LogP) is 2.76. The van der Waals surface area contributed by atoms with Crippen molar-refractivity contribution in [1.29, 1.82) is 0 Å². The van der Waals surface area contributed by atoms with Gasteiger partial charge in [0, 0.05) is 13.1 Å². The molecule has 0 aromatic heterocycles. The summed E-state index contributed by atoms with van der Waals surface area (Å²) >= 11 is 0. The lowest BCUT2D eigenvalue weighted by atomic mass is 9.77. The van der Waals surface area contributed by atoms with Gasteiger partial charge in [0.2, 0.25) is 0 Å². The molecule has 0 spiro atoms. The van der Waals surface area contributed by atoms with Crippen LogP contribution in [0.25, 0.3) is 0 Å². The zero-order valence-electron chi connectivity index (χ0n) is 9.13. The van der Waals surface area contributed by atoms with Crippen molar-refractivity contribution in [2.24, 2.45) is 17.8 Å². The number of rotatable bonds is 2. The number of nitrogens with zero attached hydrogens (tertiary/aromatic N) is 1. The molecule has 1 heteroatoms. The molecule has 1 saturated carbocycles. The van der Waals surface area contributed by atoms with Gasteiger partial charge < -0.3 is 4.90 Å². The van der Waals surface area contributed by atoms with E-state index in [1.807, 2.05) is 0 Å². The summed E-state index contributed by atoms with van der Waals surface area (Å²) in [4.78, 5) is 2.44. The van der Waals surface area contributed by atoms with Crippen LogP contribution in [0.5, 0.6) is 0 Å². The minimum Gasteiger partial charge on any atom is -0.306 e. The average molecular weight is 181 g/mol. The van der Waals surface area contributed by atoms with E-state index in [0.717, 1.165) is 17.8 Å². The second-order valence-corrected chi connectivity index (χ2v) is 5.46. The normalized spacial score (nSPS) is 37.4. The first-order valence-corrected chi connectivity index (χ1v) is 5.92. The van der Waals surface area contributed by atoms with E-state index < -0.39 is 0 Å². The van der Waals surface area contributed by atoms with Gasteiger partial charge >= 0.3 is 0 Å². The molecule has 2 atom stereocenters. The molecule has 0 radical (unpaired) electrons. The molecule has 13 heavy (non-hydrogen) atoms. The lowest BCUT2D eigenvalue weighted by Crippen LogP contribution is -2.44. The topological polar surface area (TPSA) is 3.24 Å². The van der Waals surface area contributed by atoms with E-state index >= 15 is 0 Å². The van der Waals surface area contributed by atoms with Gasteiger partial charge in [0.1, 0.15) is 0 Å². The summed E-state index contributed by atoms with van der Waals surface area (Å²) in [5, 5.41) is 0. The van der Waals surface area contributed by atoms with E-state index in [9.17, 15) is 0 Å². The van der Waals surface area contributed by atoms with Crippen molar-refractivity contribution in [2.75, 3.05) is 20.1 Å². The van der Waals surface area contributed by atoms with Crippen LogP contribution in [0.15, 0.2) is 0 Å². The third kappa shape index (κ3) is 2.46. The monoisotopic (exact) mass is 181 g/mol. The average Bonchev–Trinajstić information content (AvgIpc) is 2.01. The maximum absolute atomic E-state index is 2.44. The number of likely N-dealkylation sites (tertiary alicyclic amines) is 1. The van der Waals surface area contributed by atoms with Crippen LogP contribution in [-0.2, 0) is 0 Å². The van der Waals surface area contributed by atoms with Gasteiger partial charge in [-0.2, -0.15) is 0 Å². The summed E-state index contributed by atoms with van der Waals surface area (Å²) in [6.45, 7) is 5.16. The summed E-state index contributed by atoms with van der Waals surface area (Å²) in [6.07, 6.45) is 7.54. The summed E-state index contributed by atoms with van der Waals surface area (Å²) in [7, 11) is 2.24. The number of hydrogen-bond acceptors (Lipinski definition) is 1. The SMILES string of the molecule is CC1CCCC(CC2CN(C)C2)C1. The molecule has 76 valence electrons. The molecule has 0 amide bonds. The molecular weight excluding hydrogens is 158 g/mol. The fraction of sp³-hybridized carbons (Fsp3) is 1.00. The van der Waals surface area contributed by atoms with Gasteiger partial charge in [-0.1, -0.05) is 26.2 Å². The summed E-state index contributed by atoms with van der Waals surface area (Å²) in [5.74, 6) is 3.12. The fourth-order valence-corrected chi connectivity index (χ4v) is 3.22. The molecule has 1 heterocycles. The van der Waals surface area contributed by atoms with Gasteiger partial charge in [0.05, 0.1) is 0 Å². The number of hydrogen-bond donors (Lipinski definition) is 0. The van der Waals surface area contributed by atoms with E-state index in [1.165, 1.54) is 45.2 Å². The second kappa shape index (κ2) is 4.00. The van der Waals surface area contributed by atoms with Crippen LogP contribution >= 0.6 is 0 Å². The maximum Gasteiger partial charge on any atom is 0.00191 e. The quantitative estimate of drug-likeness (QED) is 0.633. The highest BCUT2D eigenvalue weighted by molar-refractivity contribution is 4.81. The Kier molecular flexibility index (Phi) is 2.92. The summed E-state index contributed by atoms with van der Waals surface area (Å²) in [6, 6.07) is 0. The standard InChI is InChI=1S/C12H23N/c1-10-4-3-5-11(6-10)7-12-8-13(2)9-12/h10-12H,3-9H2,1-2H3. The summed E-state index contributed by atoms with van der Waals surface area (Å²) in [5.41, 5.74) is 0. The molecule has 2 aliphatic rings. The molecule has 1 nitrogen and oxygen atoms in total. The molecule has 2 rings (SSSR count). The zero-order valence-corrected chi connectivity index (χ0v) is 9.13. The molecule has 1 saturated heterocycles. The van der Waals surface area contributed by atoms with Crippen LogP contribution in [-0.4, -0.2) is 25.0 Å². The highest BCUT2D eigenvalue weighted by Crippen LogP contribution is 2.34. The van der Waals surface area contributed by atoms with Gasteiger partial charge in [-0.3, -0.25) is 0 Å². The highest BCUT2D eigenvalue weighted by Gasteiger charge is 2.28. The van der Waals surface area contributed by atoms with Crippen molar-refractivity contribution in [3.8, 4) is 0 Å². The molecule has 2 unspecified atom stereocenters. The third-order valence-electron chi connectivity index (χ3n) is 3.85. The predicted molar refractivity (Wildman–Crippen MR) is 56.7 cm³/mol. The molecule has 1 aliphatic heterocycles. The molecule has 0 aromatic carbocycles. The molecule has 0 N–H and O–H groups in total. The largest absolute Gasteiger partial charge is 0.306 e. The van der Waals surface area contributed by atoms with Crippen LogP contribution in [0.3, 0.4) is 0 Å². The van der Waals surface area contributed by atoms with E-state index in [-0.39, 0.29) is 0 Å². The minimum atomic E-state index is 1.01. The maximum atomic E-state index is 2.44. The fourth-order valence-electron chi connectivity index (χ4n) is 3.22.